The minimum absolute atomic E-state index is 0.0105. The van der Waals surface area contributed by atoms with Crippen molar-refractivity contribution >= 4 is 15.9 Å². The summed E-state index contributed by atoms with van der Waals surface area (Å²) in [5, 5.41) is 7.83. The van der Waals surface area contributed by atoms with Gasteiger partial charge < -0.3 is 4.74 Å². The van der Waals surface area contributed by atoms with Crippen molar-refractivity contribution in [1.82, 2.24) is 14.9 Å². The van der Waals surface area contributed by atoms with Gasteiger partial charge in [0.25, 0.3) is 5.91 Å². The molecule has 0 aromatic carbocycles. The molecule has 1 heterocycles. The van der Waals surface area contributed by atoms with Gasteiger partial charge in [-0.25, -0.2) is 13.1 Å². The second kappa shape index (κ2) is 5.25. The topological polar surface area (TPSA) is 98.2 Å². The summed E-state index contributed by atoms with van der Waals surface area (Å²) in [6.45, 7) is 0. The smallest absolute Gasteiger partial charge is 0.285 e. The van der Waals surface area contributed by atoms with Crippen LogP contribution in [0.25, 0.3) is 0 Å². The number of methoxy groups -OCH3 is 1. The number of ether oxygens (including phenoxy) is 1. The van der Waals surface area contributed by atoms with Crippen LogP contribution in [0.2, 0.25) is 0 Å². The van der Waals surface area contributed by atoms with Crippen molar-refractivity contribution in [1.29, 1.82) is 0 Å². The van der Waals surface area contributed by atoms with Crippen LogP contribution in [0, 0.1) is 5.92 Å². The lowest BCUT2D eigenvalue weighted by Crippen LogP contribution is -2.33. The Labute approximate surface area is 123 Å². The lowest BCUT2D eigenvalue weighted by molar-refractivity contribution is 0.0975. The molecule has 0 spiro atoms. The quantitative estimate of drug-likeness (QED) is 0.835. The molecule has 3 rings (SSSR count). The lowest BCUT2D eigenvalue weighted by Gasteiger charge is -2.08. The minimum Gasteiger partial charge on any atom is -0.495 e. The van der Waals surface area contributed by atoms with Crippen LogP contribution in [0.15, 0.2) is 6.07 Å². The van der Waals surface area contributed by atoms with Gasteiger partial charge in [0.15, 0.2) is 5.69 Å². The average Bonchev–Trinajstić information content (AvgIpc) is 3.31. The predicted octanol–water partition coefficient (Wildman–Crippen LogP) is 0.832. The van der Waals surface area contributed by atoms with Gasteiger partial charge in [-0.15, -0.1) is 5.10 Å². The Morgan fingerprint density at radius 2 is 2.05 bits per heavy atom. The first-order chi connectivity index (χ1) is 9.98. The Morgan fingerprint density at radius 1 is 1.33 bits per heavy atom. The summed E-state index contributed by atoms with van der Waals surface area (Å²) >= 11 is 0. The van der Waals surface area contributed by atoms with Gasteiger partial charge >= 0.3 is 0 Å². The fourth-order valence-corrected chi connectivity index (χ4v) is 3.55. The minimum atomic E-state index is -3.61. The summed E-state index contributed by atoms with van der Waals surface area (Å²) in [7, 11) is -2.11. The zero-order valence-electron chi connectivity index (χ0n) is 11.7. The number of rotatable bonds is 6. The molecule has 2 aliphatic carbocycles. The van der Waals surface area contributed by atoms with Crippen LogP contribution < -0.4 is 9.46 Å². The van der Waals surface area contributed by atoms with E-state index < -0.39 is 15.9 Å². The van der Waals surface area contributed by atoms with Gasteiger partial charge in [-0.3, -0.25) is 4.79 Å². The second-order valence-corrected chi connectivity index (χ2v) is 7.38. The average molecular weight is 311 g/mol. The maximum Gasteiger partial charge on any atom is 0.285 e. The third-order valence-electron chi connectivity index (χ3n) is 3.60. The molecule has 0 saturated heterocycles. The Morgan fingerprint density at radius 3 is 2.62 bits per heavy atom. The van der Waals surface area contributed by atoms with E-state index in [-0.39, 0.29) is 17.4 Å². The molecule has 21 heavy (non-hydrogen) atoms. The van der Waals surface area contributed by atoms with Crippen LogP contribution >= 0.6 is 0 Å². The summed E-state index contributed by atoms with van der Waals surface area (Å²) < 4.78 is 30.8. The highest BCUT2D eigenvalue weighted by Gasteiger charge is 2.31. The lowest BCUT2D eigenvalue weighted by atomic mass is 10.2. The summed E-state index contributed by atoms with van der Waals surface area (Å²) in [4.78, 5) is 12.0. The van der Waals surface area contributed by atoms with Gasteiger partial charge in [0.2, 0.25) is 10.0 Å². The molecule has 0 aliphatic heterocycles. The number of sulfonamides is 1. The van der Waals surface area contributed by atoms with E-state index in [2.05, 4.69) is 10.2 Å². The van der Waals surface area contributed by atoms with Crippen molar-refractivity contribution in [3.63, 3.8) is 0 Å². The number of hydrogen-bond acceptors (Lipinski definition) is 6. The van der Waals surface area contributed by atoms with Gasteiger partial charge in [-0.2, -0.15) is 5.10 Å². The fraction of sp³-hybridized carbons (Fsp3) is 0.615. The Hall–Kier alpha value is -1.70. The highest BCUT2D eigenvalue weighted by Crippen LogP contribution is 2.42. The maximum atomic E-state index is 12.0. The number of carbonyl (C=O) groups is 1. The number of nitrogens with zero attached hydrogens (tertiary/aromatic N) is 2. The van der Waals surface area contributed by atoms with E-state index in [1.54, 1.807) is 0 Å². The van der Waals surface area contributed by atoms with Gasteiger partial charge in [-0.1, -0.05) is 0 Å². The van der Waals surface area contributed by atoms with Crippen molar-refractivity contribution in [2.24, 2.45) is 5.92 Å². The van der Waals surface area contributed by atoms with E-state index in [4.69, 9.17) is 4.74 Å². The third-order valence-corrected chi connectivity index (χ3v) is 5.01. The van der Waals surface area contributed by atoms with Gasteiger partial charge in [0.05, 0.1) is 12.9 Å². The summed E-state index contributed by atoms with van der Waals surface area (Å²) in [5.41, 5.74) is 0.686. The summed E-state index contributed by atoms with van der Waals surface area (Å²) in [6, 6.07) is 1.45. The second-order valence-electron chi connectivity index (χ2n) is 5.61. The van der Waals surface area contributed by atoms with Crippen LogP contribution in [-0.4, -0.2) is 37.4 Å². The molecule has 1 aromatic rings. The van der Waals surface area contributed by atoms with E-state index in [0.717, 1.165) is 31.4 Å². The van der Waals surface area contributed by atoms with E-state index in [9.17, 15) is 13.2 Å². The van der Waals surface area contributed by atoms with Crippen molar-refractivity contribution in [3.8, 4) is 5.75 Å². The van der Waals surface area contributed by atoms with Crippen LogP contribution in [-0.2, 0) is 10.0 Å². The Kier molecular flexibility index (Phi) is 3.56. The van der Waals surface area contributed by atoms with E-state index >= 15 is 0 Å². The molecule has 1 amide bonds. The number of amides is 1. The number of carbonyl (C=O) groups excluding carboxylic acids is 1. The molecule has 1 aromatic heterocycles. The first-order valence-corrected chi connectivity index (χ1v) is 8.60. The van der Waals surface area contributed by atoms with Gasteiger partial charge in [0, 0.05) is 12.0 Å². The molecule has 0 atom stereocenters. The SMILES string of the molecule is COc1cc(C(=O)NS(=O)(=O)CC2CC2)nnc1C1CC1. The molecule has 0 unspecified atom stereocenters. The van der Waals surface area contributed by atoms with E-state index in [1.165, 1.54) is 13.2 Å². The highest BCUT2D eigenvalue weighted by atomic mass is 32.2. The zero-order chi connectivity index (χ0) is 15.0. The van der Waals surface area contributed by atoms with Crippen molar-refractivity contribution in [2.45, 2.75) is 31.6 Å². The fourth-order valence-electron chi connectivity index (χ4n) is 2.13. The molecule has 2 fully saturated rings. The predicted molar refractivity (Wildman–Crippen MR) is 74.5 cm³/mol. The molecular weight excluding hydrogens is 294 g/mol. The maximum absolute atomic E-state index is 12.0. The first kappa shape index (κ1) is 14.2. The number of aromatic nitrogens is 2. The summed E-state index contributed by atoms with van der Waals surface area (Å²) in [6.07, 6.45) is 3.87. The standard InChI is InChI=1S/C13H17N3O4S/c1-20-11-6-10(14-15-12(11)9-4-5-9)13(17)16-21(18,19)7-8-2-3-8/h6,8-9H,2-5,7H2,1H3,(H,16,17). The van der Waals surface area contributed by atoms with Gasteiger partial charge in [-0.05, 0) is 31.6 Å². The van der Waals surface area contributed by atoms with Crippen LogP contribution in [0.3, 0.4) is 0 Å². The highest BCUT2D eigenvalue weighted by molar-refractivity contribution is 7.90. The van der Waals surface area contributed by atoms with Crippen LogP contribution in [0.5, 0.6) is 5.75 Å². The third kappa shape index (κ3) is 3.49. The van der Waals surface area contributed by atoms with E-state index in [1.807, 2.05) is 4.72 Å². The van der Waals surface area contributed by atoms with Gasteiger partial charge in [0.1, 0.15) is 11.4 Å². The van der Waals surface area contributed by atoms with Crippen LogP contribution in [0.4, 0.5) is 0 Å². The zero-order valence-corrected chi connectivity index (χ0v) is 12.5. The van der Waals surface area contributed by atoms with E-state index in [0.29, 0.717) is 11.7 Å². The molecule has 1 N–H and O–H groups in total. The summed E-state index contributed by atoms with van der Waals surface area (Å²) in [5.74, 6) is 0.223. The normalized spacial score (nSPS) is 18.3. The molecule has 8 heteroatoms. The number of nitrogens with one attached hydrogen (secondary N) is 1. The molecular formula is C13H17N3O4S. The Bertz CT molecular complexity index is 666. The molecule has 2 saturated carbocycles. The first-order valence-electron chi connectivity index (χ1n) is 6.95. The molecule has 0 radical (unpaired) electrons. The van der Waals surface area contributed by atoms with Crippen LogP contribution in [0.1, 0.15) is 47.8 Å². The monoisotopic (exact) mass is 311 g/mol. The molecule has 7 nitrogen and oxygen atoms in total. The van der Waals surface area contributed by atoms with Crippen molar-refractivity contribution in [2.75, 3.05) is 12.9 Å². The number of hydrogen-bond donors (Lipinski definition) is 1. The Balaban J connectivity index is 1.74. The largest absolute Gasteiger partial charge is 0.495 e. The van der Waals surface area contributed by atoms with Crippen molar-refractivity contribution in [3.05, 3.63) is 17.5 Å². The molecule has 114 valence electrons. The van der Waals surface area contributed by atoms with Crippen molar-refractivity contribution < 1.29 is 17.9 Å². The molecule has 2 aliphatic rings. The molecule has 0 bridgehead atoms.